The Balaban J connectivity index is 1.59. The zero-order chi connectivity index (χ0) is 23.4. The molecule has 0 aliphatic carbocycles. The zero-order valence-electron chi connectivity index (χ0n) is 17.4. The van der Waals surface area contributed by atoms with Crippen molar-refractivity contribution in [2.24, 2.45) is 5.92 Å². The molecular weight excluding hydrogens is 447 g/mol. The van der Waals surface area contributed by atoms with E-state index in [2.05, 4.69) is 15.4 Å². The summed E-state index contributed by atoms with van der Waals surface area (Å²) in [6.07, 6.45) is -3.62. The van der Waals surface area contributed by atoms with Gasteiger partial charge in [0.15, 0.2) is 0 Å². The first-order chi connectivity index (χ1) is 15.0. The maximum Gasteiger partial charge on any atom is 0.573 e. The van der Waals surface area contributed by atoms with Crippen molar-refractivity contribution in [3.63, 3.8) is 0 Å². The second-order valence-electron chi connectivity index (χ2n) is 7.60. The number of sulfonamides is 1. The molecule has 0 spiro atoms. The van der Waals surface area contributed by atoms with E-state index in [0.29, 0.717) is 18.5 Å². The standard InChI is InChI=1S/C21H24F3N3O4S/c1-15-7-9-17(10-8-15)26-20(28)25-13-16-4-3-11-27(14-16)32(29,30)19-6-2-5-18(12-19)31-21(22,23)24/h2,5-10,12,16H,3-4,11,13-14H2,1H3,(H2,25,26,28). The molecule has 1 fully saturated rings. The van der Waals surface area contributed by atoms with Gasteiger partial charge in [0.1, 0.15) is 5.75 Å². The van der Waals surface area contributed by atoms with Gasteiger partial charge in [-0.15, -0.1) is 13.2 Å². The third-order valence-electron chi connectivity index (χ3n) is 5.02. The molecule has 11 heteroatoms. The van der Waals surface area contributed by atoms with Gasteiger partial charge in [0.2, 0.25) is 10.0 Å². The number of nitrogens with zero attached hydrogens (tertiary/aromatic N) is 1. The lowest BCUT2D eigenvalue weighted by atomic mass is 10.00. The van der Waals surface area contributed by atoms with E-state index in [-0.39, 0.29) is 30.4 Å². The van der Waals surface area contributed by atoms with Gasteiger partial charge in [-0.05, 0) is 49.9 Å². The molecule has 174 valence electrons. The highest BCUT2D eigenvalue weighted by molar-refractivity contribution is 7.89. The van der Waals surface area contributed by atoms with Gasteiger partial charge in [0.25, 0.3) is 0 Å². The minimum atomic E-state index is -4.91. The van der Waals surface area contributed by atoms with Crippen LogP contribution in [0.15, 0.2) is 53.4 Å². The molecule has 0 bridgehead atoms. The van der Waals surface area contributed by atoms with Crippen LogP contribution in [0.5, 0.6) is 5.75 Å². The van der Waals surface area contributed by atoms with Crippen LogP contribution in [0.3, 0.4) is 0 Å². The summed E-state index contributed by atoms with van der Waals surface area (Å²) >= 11 is 0. The first kappa shape index (κ1) is 23.9. The van der Waals surface area contributed by atoms with Gasteiger partial charge in [-0.25, -0.2) is 13.2 Å². The number of alkyl halides is 3. The first-order valence-corrected chi connectivity index (χ1v) is 11.4. The number of anilines is 1. The third-order valence-corrected chi connectivity index (χ3v) is 6.88. The number of nitrogens with one attached hydrogen (secondary N) is 2. The van der Waals surface area contributed by atoms with Gasteiger partial charge in [0, 0.05) is 31.4 Å². The maximum atomic E-state index is 12.9. The summed E-state index contributed by atoms with van der Waals surface area (Å²) in [6, 6.07) is 11.2. The average molecular weight is 472 g/mol. The van der Waals surface area contributed by atoms with Gasteiger partial charge in [-0.3, -0.25) is 0 Å². The Bertz CT molecular complexity index is 1040. The highest BCUT2D eigenvalue weighted by Gasteiger charge is 2.33. The molecular formula is C21H24F3N3O4S. The van der Waals surface area contributed by atoms with Crippen molar-refractivity contribution in [2.75, 3.05) is 25.0 Å². The van der Waals surface area contributed by atoms with Crippen LogP contribution in [-0.4, -0.2) is 44.8 Å². The molecule has 0 aromatic heterocycles. The van der Waals surface area contributed by atoms with Gasteiger partial charge in [-0.2, -0.15) is 4.31 Å². The van der Waals surface area contributed by atoms with Crippen molar-refractivity contribution < 1.29 is 31.1 Å². The fourth-order valence-corrected chi connectivity index (χ4v) is 5.03. The summed E-state index contributed by atoms with van der Waals surface area (Å²) < 4.78 is 68.3. The number of carbonyl (C=O) groups excluding carboxylic acids is 1. The molecule has 1 atom stereocenters. The molecule has 1 aliphatic heterocycles. The van der Waals surface area contributed by atoms with Crippen LogP contribution in [-0.2, 0) is 10.0 Å². The maximum absolute atomic E-state index is 12.9. The Labute approximate surface area is 184 Å². The molecule has 32 heavy (non-hydrogen) atoms. The van der Waals surface area contributed by atoms with E-state index in [9.17, 15) is 26.4 Å². The molecule has 0 saturated carbocycles. The highest BCUT2D eigenvalue weighted by atomic mass is 32.2. The molecule has 1 aliphatic rings. The van der Waals surface area contributed by atoms with Gasteiger partial charge < -0.3 is 15.4 Å². The number of amides is 2. The fourth-order valence-electron chi connectivity index (χ4n) is 3.44. The number of hydrogen-bond donors (Lipinski definition) is 2. The minimum Gasteiger partial charge on any atom is -0.406 e. The van der Waals surface area contributed by atoms with Crippen LogP contribution >= 0.6 is 0 Å². The monoisotopic (exact) mass is 471 g/mol. The Morgan fingerprint density at radius 3 is 2.59 bits per heavy atom. The molecule has 7 nitrogen and oxygen atoms in total. The molecule has 2 N–H and O–H groups in total. The topological polar surface area (TPSA) is 87.7 Å². The van der Waals surface area contributed by atoms with E-state index in [4.69, 9.17) is 0 Å². The predicted octanol–water partition coefficient (Wildman–Crippen LogP) is 4.12. The molecule has 2 aromatic carbocycles. The van der Waals surface area contributed by atoms with Crippen molar-refractivity contribution in [1.82, 2.24) is 9.62 Å². The number of hydrogen-bond acceptors (Lipinski definition) is 4. The highest BCUT2D eigenvalue weighted by Crippen LogP contribution is 2.28. The lowest BCUT2D eigenvalue weighted by Crippen LogP contribution is -2.44. The van der Waals surface area contributed by atoms with Crippen molar-refractivity contribution in [2.45, 2.75) is 31.0 Å². The Kier molecular flexibility index (Phi) is 7.29. The van der Waals surface area contributed by atoms with E-state index in [0.717, 1.165) is 17.7 Å². The Morgan fingerprint density at radius 2 is 1.91 bits per heavy atom. The van der Waals surface area contributed by atoms with E-state index >= 15 is 0 Å². The second-order valence-corrected chi connectivity index (χ2v) is 9.53. The molecule has 1 unspecified atom stereocenters. The largest absolute Gasteiger partial charge is 0.573 e. The number of rotatable bonds is 6. The van der Waals surface area contributed by atoms with Crippen molar-refractivity contribution in [3.8, 4) is 5.75 Å². The SMILES string of the molecule is Cc1ccc(NC(=O)NCC2CCCN(S(=O)(=O)c3cccc(OC(F)(F)F)c3)C2)cc1. The summed E-state index contributed by atoms with van der Waals surface area (Å²) in [5.41, 5.74) is 1.71. The number of ether oxygens (including phenoxy) is 1. The van der Waals surface area contributed by atoms with Crippen molar-refractivity contribution in [1.29, 1.82) is 0 Å². The molecule has 2 amide bonds. The zero-order valence-corrected chi connectivity index (χ0v) is 18.2. The smallest absolute Gasteiger partial charge is 0.406 e. The summed E-state index contributed by atoms with van der Waals surface area (Å²) in [7, 11) is -4.01. The van der Waals surface area contributed by atoms with E-state index in [1.165, 1.54) is 16.4 Å². The van der Waals surface area contributed by atoms with Crippen LogP contribution < -0.4 is 15.4 Å². The Hall–Kier alpha value is -2.79. The average Bonchev–Trinajstić information content (AvgIpc) is 2.73. The van der Waals surface area contributed by atoms with Crippen LogP contribution in [0.4, 0.5) is 23.7 Å². The summed E-state index contributed by atoms with van der Waals surface area (Å²) in [4.78, 5) is 11.9. The number of carbonyl (C=O) groups is 1. The third kappa shape index (κ3) is 6.60. The van der Waals surface area contributed by atoms with Gasteiger partial charge in [-0.1, -0.05) is 23.8 Å². The molecule has 1 heterocycles. The minimum absolute atomic E-state index is 0.128. The molecule has 0 radical (unpaired) electrons. The summed E-state index contributed by atoms with van der Waals surface area (Å²) in [5.74, 6) is -0.724. The molecule has 3 rings (SSSR count). The van der Waals surface area contributed by atoms with Crippen LogP contribution in [0.2, 0.25) is 0 Å². The van der Waals surface area contributed by atoms with Crippen LogP contribution in [0.25, 0.3) is 0 Å². The second kappa shape index (κ2) is 9.78. The van der Waals surface area contributed by atoms with Crippen molar-refractivity contribution in [3.05, 3.63) is 54.1 Å². The number of urea groups is 1. The van der Waals surface area contributed by atoms with E-state index in [1.54, 1.807) is 12.1 Å². The van der Waals surface area contributed by atoms with Crippen LogP contribution in [0, 0.1) is 12.8 Å². The Morgan fingerprint density at radius 1 is 1.19 bits per heavy atom. The predicted molar refractivity (Wildman–Crippen MR) is 113 cm³/mol. The number of benzene rings is 2. The fraction of sp³-hybridized carbons (Fsp3) is 0.381. The molecule has 1 saturated heterocycles. The van der Waals surface area contributed by atoms with Crippen LogP contribution in [0.1, 0.15) is 18.4 Å². The summed E-state index contributed by atoms with van der Waals surface area (Å²) in [5, 5.41) is 5.46. The number of halogens is 3. The van der Waals surface area contributed by atoms with Gasteiger partial charge in [0.05, 0.1) is 4.90 Å². The number of piperidine rings is 1. The first-order valence-electron chi connectivity index (χ1n) is 10.0. The van der Waals surface area contributed by atoms with Crippen molar-refractivity contribution >= 4 is 21.7 Å². The lowest BCUT2D eigenvalue weighted by molar-refractivity contribution is -0.274. The normalized spacial score (nSPS) is 17.6. The molecule has 2 aromatic rings. The lowest BCUT2D eigenvalue weighted by Gasteiger charge is -2.32. The summed E-state index contributed by atoms with van der Waals surface area (Å²) in [6.45, 7) is 2.60. The van der Waals surface area contributed by atoms with Gasteiger partial charge >= 0.3 is 12.4 Å². The van der Waals surface area contributed by atoms with E-state index < -0.39 is 28.2 Å². The quantitative estimate of drug-likeness (QED) is 0.664. The number of aryl methyl sites for hydroxylation is 1. The van der Waals surface area contributed by atoms with E-state index in [1.807, 2.05) is 19.1 Å².